The number of piperidine rings is 1. The second kappa shape index (κ2) is 5.81. The fourth-order valence-electron chi connectivity index (χ4n) is 2.39. The minimum Gasteiger partial charge on any atom is -0.333 e. The highest BCUT2D eigenvalue weighted by atomic mass is 32.1. The summed E-state index contributed by atoms with van der Waals surface area (Å²) < 4.78 is 5.27. The smallest absolute Gasteiger partial charge is 0.268 e. The number of likely N-dealkylation sites (tertiary alicyclic amines) is 1. The van der Waals surface area contributed by atoms with Gasteiger partial charge in [-0.25, -0.2) is 0 Å². The van der Waals surface area contributed by atoms with Gasteiger partial charge in [0.15, 0.2) is 5.82 Å². The van der Waals surface area contributed by atoms with E-state index in [4.69, 9.17) is 10.3 Å². The Morgan fingerprint density at radius 1 is 1.37 bits per heavy atom. The van der Waals surface area contributed by atoms with Gasteiger partial charge in [-0.2, -0.15) is 4.98 Å². The summed E-state index contributed by atoms with van der Waals surface area (Å²) in [5, 5.41) is 6.00. The summed E-state index contributed by atoms with van der Waals surface area (Å²) in [5.41, 5.74) is 6.17. The van der Waals surface area contributed by atoms with Crippen LogP contribution in [-0.4, -0.2) is 34.7 Å². The van der Waals surface area contributed by atoms with Gasteiger partial charge in [0.2, 0.25) is 0 Å². The van der Waals surface area contributed by atoms with E-state index in [0.717, 1.165) is 24.5 Å². The van der Waals surface area contributed by atoms with Gasteiger partial charge >= 0.3 is 0 Å². The van der Waals surface area contributed by atoms with Gasteiger partial charge in [-0.1, -0.05) is 17.6 Å². The SMILES string of the molecule is NC(CN1CCCCC1)c1noc(-c2cccs2)n1. The molecule has 0 spiro atoms. The first-order valence-corrected chi connectivity index (χ1v) is 7.56. The van der Waals surface area contributed by atoms with Crippen LogP contribution in [0.2, 0.25) is 0 Å². The van der Waals surface area contributed by atoms with Crippen molar-refractivity contribution in [1.29, 1.82) is 0 Å². The Bertz CT molecular complexity index is 504. The molecule has 0 bridgehead atoms. The lowest BCUT2D eigenvalue weighted by Crippen LogP contribution is -2.36. The summed E-state index contributed by atoms with van der Waals surface area (Å²) in [6.07, 6.45) is 3.86. The van der Waals surface area contributed by atoms with Crippen molar-refractivity contribution in [3.63, 3.8) is 0 Å². The molecule has 1 saturated heterocycles. The molecule has 1 aliphatic rings. The van der Waals surface area contributed by atoms with Crippen LogP contribution in [0.4, 0.5) is 0 Å². The molecule has 102 valence electrons. The number of thiophene rings is 1. The zero-order valence-electron chi connectivity index (χ0n) is 10.8. The highest BCUT2D eigenvalue weighted by Gasteiger charge is 2.19. The number of nitrogens with zero attached hydrogens (tertiary/aromatic N) is 3. The minimum atomic E-state index is -0.171. The van der Waals surface area contributed by atoms with E-state index in [1.807, 2.05) is 17.5 Å². The van der Waals surface area contributed by atoms with Gasteiger partial charge in [0.1, 0.15) is 0 Å². The lowest BCUT2D eigenvalue weighted by Gasteiger charge is -2.27. The molecule has 0 radical (unpaired) electrons. The monoisotopic (exact) mass is 278 g/mol. The second-order valence-electron chi connectivity index (χ2n) is 4.90. The van der Waals surface area contributed by atoms with Gasteiger partial charge < -0.3 is 15.2 Å². The Kier molecular flexibility index (Phi) is 3.91. The predicted octanol–water partition coefficient (Wildman–Crippen LogP) is 2.28. The maximum absolute atomic E-state index is 6.17. The second-order valence-corrected chi connectivity index (χ2v) is 5.85. The summed E-state index contributed by atoms with van der Waals surface area (Å²) in [6, 6.07) is 3.77. The number of nitrogens with two attached hydrogens (primary N) is 1. The maximum atomic E-state index is 6.17. The Labute approximate surface area is 116 Å². The molecule has 2 N–H and O–H groups in total. The first-order chi connectivity index (χ1) is 9.33. The molecule has 19 heavy (non-hydrogen) atoms. The van der Waals surface area contributed by atoms with Gasteiger partial charge in [-0.05, 0) is 37.4 Å². The average molecular weight is 278 g/mol. The van der Waals surface area contributed by atoms with E-state index in [1.165, 1.54) is 19.3 Å². The van der Waals surface area contributed by atoms with Crippen molar-refractivity contribution in [2.24, 2.45) is 5.73 Å². The molecule has 6 heteroatoms. The predicted molar refractivity (Wildman–Crippen MR) is 74.8 cm³/mol. The Hall–Kier alpha value is -1.24. The molecule has 0 aromatic carbocycles. The molecule has 5 nitrogen and oxygen atoms in total. The Morgan fingerprint density at radius 2 is 2.21 bits per heavy atom. The van der Waals surface area contributed by atoms with Crippen LogP contribution in [0, 0.1) is 0 Å². The van der Waals surface area contributed by atoms with E-state index in [0.29, 0.717) is 11.7 Å². The fourth-order valence-corrected chi connectivity index (χ4v) is 3.03. The molecule has 2 aromatic rings. The number of hydrogen-bond acceptors (Lipinski definition) is 6. The van der Waals surface area contributed by atoms with Gasteiger partial charge in [-0.15, -0.1) is 11.3 Å². The minimum absolute atomic E-state index is 0.171. The van der Waals surface area contributed by atoms with E-state index >= 15 is 0 Å². The first kappa shape index (κ1) is 12.8. The van der Waals surface area contributed by atoms with Gasteiger partial charge in [0, 0.05) is 6.54 Å². The normalized spacial score (nSPS) is 18.6. The van der Waals surface area contributed by atoms with Crippen molar-refractivity contribution in [3.8, 4) is 10.8 Å². The lowest BCUT2D eigenvalue weighted by atomic mass is 10.1. The standard InChI is InChI=1S/C13H18N4OS/c14-10(9-17-6-2-1-3-7-17)12-15-13(18-16-12)11-5-4-8-19-11/h4-5,8,10H,1-3,6-7,9,14H2. The van der Waals surface area contributed by atoms with Crippen LogP contribution in [0.15, 0.2) is 22.0 Å². The van der Waals surface area contributed by atoms with Gasteiger partial charge in [0.25, 0.3) is 5.89 Å². The van der Waals surface area contributed by atoms with Crippen LogP contribution < -0.4 is 5.73 Å². The summed E-state index contributed by atoms with van der Waals surface area (Å²) in [6.45, 7) is 3.07. The van der Waals surface area contributed by atoms with Crippen molar-refractivity contribution in [3.05, 3.63) is 23.3 Å². The third-order valence-electron chi connectivity index (χ3n) is 3.41. The third-order valence-corrected chi connectivity index (χ3v) is 4.27. The zero-order valence-corrected chi connectivity index (χ0v) is 11.6. The average Bonchev–Trinajstić information content (AvgIpc) is 3.11. The van der Waals surface area contributed by atoms with Crippen molar-refractivity contribution in [2.45, 2.75) is 25.3 Å². The molecule has 0 amide bonds. The molecule has 2 aromatic heterocycles. The molecular weight excluding hydrogens is 260 g/mol. The van der Waals surface area contributed by atoms with Crippen molar-refractivity contribution in [2.75, 3.05) is 19.6 Å². The quantitative estimate of drug-likeness (QED) is 0.929. The molecule has 3 heterocycles. The van der Waals surface area contributed by atoms with Crippen LogP contribution in [0.1, 0.15) is 31.1 Å². The number of rotatable bonds is 4. The molecule has 1 aliphatic heterocycles. The number of hydrogen-bond donors (Lipinski definition) is 1. The number of aromatic nitrogens is 2. The van der Waals surface area contributed by atoms with E-state index < -0.39 is 0 Å². The Morgan fingerprint density at radius 3 is 2.95 bits per heavy atom. The van der Waals surface area contributed by atoms with Crippen LogP contribution in [0.5, 0.6) is 0 Å². The third kappa shape index (κ3) is 3.02. The van der Waals surface area contributed by atoms with E-state index in [1.54, 1.807) is 11.3 Å². The molecule has 1 atom stereocenters. The van der Waals surface area contributed by atoms with Crippen LogP contribution in [-0.2, 0) is 0 Å². The summed E-state index contributed by atoms with van der Waals surface area (Å²) in [5.74, 6) is 1.17. The first-order valence-electron chi connectivity index (χ1n) is 6.68. The van der Waals surface area contributed by atoms with E-state index in [-0.39, 0.29) is 6.04 Å². The Balaban J connectivity index is 1.65. The van der Waals surface area contributed by atoms with Crippen molar-refractivity contribution >= 4 is 11.3 Å². The summed E-state index contributed by atoms with van der Waals surface area (Å²) in [4.78, 5) is 7.77. The molecular formula is C13H18N4OS. The fraction of sp³-hybridized carbons (Fsp3) is 0.538. The van der Waals surface area contributed by atoms with E-state index in [2.05, 4.69) is 15.0 Å². The largest absolute Gasteiger partial charge is 0.333 e. The molecule has 0 saturated carbocycles. The van der Waals surface area contributed by atoms with E-state index in [9.17, 15) is 0 Å². The summed E-state index contributed by atoms with van der Waals surface area (Å²) in [7, 11) is 0. The van der Waals surface area contributed by atoms with Gasteiger partial charge in [-0.3, -0.25) is 0 Å². The molecule has 1 unspecified atom stereocenters. The van der Waals surface area contributed by atoms with Crippen molar-refractivity contribution < 1.29 is 4.52 Å². The molecule has 0 aliphatic carbocycles. The van der Waals surface area contributed by atoms with Crippen LogP contribution in [0.25, 0.3) is 10.8 Å². The van der Waals surface area contributed by atoms with Crippen LogP contribution in [0.3, 0.4) is 0 Å². The van der Waals surface area contributed by atoms with Crippen LogP contribution >= 0.6 is 11.3 Å². The highest BCUT2D eigenvalue weighted by molar-refractivity contribution is 7.13. The highest BCUT2D eigenvalue weighted by Crippen LogP contribution is 2.23. The maximum Gasteiger partial charge on any atom is 0.268 e. The van der Waals surface area contributed by atoms with Gasteiger partial charge in [0.05, 0.1) is 10.9 Å². The molecule has 1 fully saturated rings. The summed E-state index contributed by atoms with van der Waals surface area (Å²) >= 11 is 1.59. The zero-order chi connectivity index (χ0) is 13.1. The lowest BCUT2D eigenvalue weighted by molar-refractivity contribution is 0.213. The topological polar surface area (TPSA) is 68.2 Å². The van der Waals surface area contributed by atoms with Crippen molar-refractivity contribution in [1.82, 2.24) is 15.0 Å². The molecule has 3 rings (SSSR count).